The summed E-state index contributed by atoms with van der Waals surface area (Å²) in [6.45, 7) is 4.02. The number of allylic oxidation sites excluding steroid dienone is 1. The predicted octanol–water partition coefficient (Wildman–Crippen LogP) is 4.03. The summed E-state index contributed by atoms with van der Waals surface area (Å²) in [4.78, 5) is 23.8. The van der Waals surface area contributed by atoms with Crippen LogP contribution in [-0.2, 0) is 0 Å². The molecule has 4 heteroatoms. The highest BCUT2D eigenvalue weighted by atomic mass is 79.9. The van der Waals surface area contributed by atoms with Crippen LogP contribution in [0.1, 0.15) is 27.0 Å². The van der Waals surface area contributed by atoms with E-state index >= 15 is 0 Å². The number of hydrogen-bond donors (Lipinski definition) is 1. The van der Waals surface area contributed by atoms with Gasteiger partial charge >= 0.3 is 0 Å². The first kappa shape index (κ1) is 16.2. The maximum atomic E-state index is 12.2. The summed E-state index contributed by atoms with van der Waals surface area (Å²) in [7, 11) is 0. The van der Waals surface area contributed by atoms with E-state index in [1.54, 1.807) is 6.08 Å². The van der Waals surface area contributed by atoms with Gasteiger partial charge in [0.1, 0.15) is 0 Å². The van der Waals surface area contributed by atoms with Crippen LogP contribution >= 0.6 is 15.9 Å². The molecule has 0 saturated carbocycles. The first-order valence-electron chi connectivity index (χ1n) is 6.71. The predicted molar refractivity (Wildman–Crippen MR) is 91.4 cm³/mol. The van der Waals surface area contributed by atoms with Crippen LogP contribution in [-0.4, -0.2) is 10.9 Å². The van der Waals surface area contributed by atoms with Crippen molar-refractivity contribution < 1.29 is 9.90 Å². The third-order valence-corrected chi connectivity index (χ3v) is 3.88. The fraction of sp³-hybridized carbons (Fsp3) is 0.111. The lowest BCUT2D eigenvalue weighted by Crippen LogP contribution is -2.01. The van der Waals surface area contributed by atoms with Crippen molar-refractivity contribution in [1.29, 1.82) is 0 Å². The summed E-state index contributed by atoms with van der Waals surface area (Å²) in [5.41, 5.74) is 2.58. The van der Waals surface area contributed by atoms with Crippen LogP contribution in [0.3, 0.4) is 0 Å². The lowest BCUT2D eigenvalue weighted by molar-refractivity contribution is 0.104. The number of aromatic hydroxyl groups is 1. The smallest absolute Gasteiger partial charge is 0.220 e. The minimum atomic E-state index is -0.589. The van der Waals surface area contributed by atoms with Gasteiger partial charge < -0.3 is 5.11 Å². The minimum Gasteiger partial charge on any atom is -0.504 e. The molecule has 2 rings (SSSR count). The van der Waals surface area contributed by atoms with Gasteiger partial charge in [-0.2, -0.15) is 0 Å². The van der Waals surface area contributed by atoms with Crippen molar-refractivity contribution in [3.63, 3.8) is 0 Å². The van der Waals surface area contributed by atoms with E-state index in [1.165, 1.54) is 29.8 Å². The van der Waals surface area contributed by atoms with Gasteiger partial charge in [-0.05, 0) is 54.8 Å². The maximum absolute atomic E-state index is 12.2. The average Bonchev–Trinajstić information content (AvgIpc) is 2.61. The Morgan fingerprint density at radius 3 is 2.50 bits per heavy atom. The number of carbonyl (C=O) groups excluding carboxylic acids is 1. The maximum Gasteiger partial charge on any atom is 0.220 e. The van der Waals surface area contributed by atoms with E-state index in [1.807, 2.05) is 32.0 Å². The minimum absolute atomic E-state index is 0.0260. The third kappa shape index (κ3) is 3.71. The molecule has 0 atom stereocenters. The van der Waals surface area contributed by atoms with Gasteiger partial charge in [0.05, 0.1) is 5.56 Å². The molecule has 3 nitrogen and oxygen atoms in total. The monoisotopic (exact) mass is 358 g/mol. The van der Waals surface area contributed by atoms with Gasteiger partial charge in [0.15, 0.2) is 11.5 Å². The van der Waals surface area contributed by atoms with Gasteiger partial charge in [-0.1, -0.05) is 40.2 Å². The molecular formula is C18H15BrO3. The van der Waals surface area contributed by atoms with Crippen molar-refractivity contribution in [3.8, 4) is 5.75 Å². The topological polar surface area (TPSA) is 54.4 Å². The zero-order valence-electron chi connectivity index (χ0n) is 12.3. The van der Waals surface area contributed by atoms with Crippen LogP contribution < -0.4 is 5.43 Å². The van der Waals surface area contributed by atoms with Crippen LogP contribution in [0.5, 0.6) is 5.75 Å². The largest absolute Gasteiger partial charge is 0.504 e. The van der Waals surface area contributed by atoms with Gasteiger partial charge in [-0.25, -0.2) is 0 Å². The number of hydrogen-bond acceptors (Lipinski definition) is 3. The SMILES string of the molecule is Cc1ccc(C=CC(=O)c2cc(Br)ccc(=O)c2O)cc1C. The van der Waals surface area contributed by atoms with Crippen LogP contribution in [0.4, 0.5) is 0 Å². The summed E-state index contributed by atoms with van der Waals surface area (Å²) < 4.78 is 0.549. The van der Waals surface area contributed by atoms with Crippen molar-refractivity contribution in [1.82, 2.24) is 0 Å². The highest BCUT2D eigenvalue weighted by Gasteiger charge is 2.10. The van der Waals surface area contributed by atoms with Gasteiger partial charge in [-0.15, -0.1) is 0 Å². The fourth-order valence-corrected chi connectivity index (χ4v) is 2.30. The number of ketones is 1. The molecular weight excluding hydrogens is 344 g/mol. The molecule has 0 spiro atoms. The Kier molecular flexibility index (Phi) is 4.93. The van der Waals surface area contributed by atoms with E-state index in [-0.39, 0.29) is 5.56 Å². The molecule has 2 aromatic rings. The molecule has 0 aliphatic rings. The summed E-state index contributed by atoms with van der Waals surface area (Å²) in [6, 6.07) is 10.00. The molecule has 2 aromatic carbocycles. The summed E-state index contributed by atoms with van der Waals surface area (Å²) in [5, 5.41) is 9.84. The molecule has 0 bridgehead atoms. The number of aryl methyl sites for hydroxylation is 2. The van der Waals surface area contributed by atoms with E-state index in [9.17, 15) is 14.7 Å². The second-order valence-electron chi connectivity index (χ2n) is 5.03. The fourth-order valence-electron chi connectivity index (χ4n) is 1.94. The van der Waals surface area contributed by atoms with E-state index < -0.39 is 17.0 Å². The second kappa shape index (κ2) is 6.71. The molecule has 0 unspecified atom stereocenters. The molecule has 112 valence electrons. The Hall–Kier alpha value is -2.20. The van der Waals surface area contributed by atoms with Gasteiger partial charge in [-0.3, -0.25) is 9.59 Å². The van der Waals surface area contributed by atoms with Crippen molar-refractivity contribution in [2.24, 2.45) is 0 Å². The Bertz CT molecular complexity index is 823. The Morgan fingerprint density at radius 1 is 1.09 bits per heavy atom. The first-order chi connectivity index (χ1) is 10.4. The Morgan fingerprint density at radius 2 is 1.82 bits per heavy atom. The number of carbonyl (C=O) groups is 1. The summed E-state index contributed by atoms with van der Waals surface area (Å²) in [6.07, 6.45) is 3.02. The Labute approximate surface area is 137 Å². The number of benzene rings is 1. The summed E-state index contributed by atoms with van der Waals surface area (Å²) >= 11 is 3.22. The number of rotatable bonds is 3. The van der Waals surface area contributed by atoms with E-state index in [0.717, 1.165) is 11.1 Å². The van der Waals surface area contributed by atoms with Crippen molar-refractivity contribution in [3.05, 3.63) is 79.4 Å². The first-order valence-corrected chi connectivity index (χ1v) is 7.50. The molecule has 0 aliphatic heterocycles. The second-order valence-corrected chi connectivity index (χ2v) is 5.95. The van der Waals surface area contributed by atoms with Crippen LogP contribution in [0.15, 0.2) is 51.7 Å². The lowest BCUT2D eigenvalue weighted by Gasteiger charge is -2.01. The van der Waals surface area contributed by atoms with Crippen molar-refractivity contribution in [2.75, 3.05) is 0 Å². The zero-order chi connectivity index (χ0) is 16.3. The molecule has 0 radical (unpaired) electrons. The third-order valence-electron chi connectivity index (χ3n) is 3.39. The standard InChI is InChI=1S/C18H15BrO3/c1-11-3-4-13(9-12(11)2)5-7-16(20)15-10-14(19)6-8-17(21)18(15)22/h3-10H,1-2H3,(H,21,22). The lowest BCUT2D eigenvalue weighted by atomic mass is 10.0. The van der Waals surface area contributed by atoms with Crippen molar-refractivity contribution in [2.45, 2.75) is 13.8 Å². The zero-order valence-corrected chi connectivity index (χ0v) is 13.8. The molecule has 0 heterocycles. The summed E-state index contributed by atoms with van der Waals surface area (Å²) in [5.74, 6) is -0.967. The van der Waals surface area contributed by atoms with Crippen molar-refractivity contribution >= 4 is 27.8 Å². The molecule has 0 fully saturated rings. The average molecular weight is 359 g/mol. The molecule has 0 saturated heterocycles. The van der Waals surface area contributed by atoms with Crippen LogP contribution in [0, 0.1) is 13.8 Å². The van der Waals surface area contributed by atoms with Gasteiger partial charge in [0.2, 0.25) is 5.43 Å². The molecule has 0 aliphatic carbocycles. The van der Waals surface area contributed by atoms with Crippen LogP contribution in [0.2, 0.25) is 0 Å². The molecule has 0 amide bonds. The molecule has 22 heavy (non-hydrogen) atoms. The van der Waals surface area contributed by atoms with E-state index in [2.05, 4.69) is 15.9 Å². The number of halogens is 1. The quantitative estimate of drug-likeness (QED) is 0.665. The highest BCUT2D eigenvalue weighted by Crippen LogP contribution is 2.18. The molecule has 1 N–H and O–H groups in total. The van der Waals surface area contributed by atoms with E-state index in [0.29, 0.717) is 4.47 Å². The Balaban J connectivity index is 2.37. The van der Waals surface area contributed by atoms with Gasteiger partial charge in [0, 0.05) is 4.47 Å². The van der Waals surface area contributed by atoms with E-state index in [4.69, 9.17) is 0 Å². The molecule has 0 aromatic heterocycles. The highest BCUT2D eigenvalue weighted by molar-refractivity contribution is 9.10. The van der Waals surface area contributed by atoms with Gasteiger partial charge in [0.25, 0.3) is 0 Å². The normalized spacial score (nSPS) is 10.9. The van der Waals surface area contributed by atoms with Crippen LogP contribution in [0.25, 0.3) is 6.08 Å².